The Morgan fingerprint density at radius 3 is 1.55 bits per heavy atom. The fourth-order valence-corrected chi connectivity index (χ4v) is 4.08. The lowest BCUT2D eigenvalue weighted by Gasteiger charge is -2.24. The number of amides is 1. The van der Waals surface area contributed by atoms with Gasteiger partial charge in [-0.1, -0.05) is 43.5 Å². The fraction of sp³-hybridized carbons (Fsp3) is 0.459. The third-order valence-corrected chi connectivity index (χ3v) is 6.73. The Bertz CT molecular complexity index is 1270. The van der Waals surface area contributed by atoms with Crippen LogP contribution in [0.15, 0.2) is 79.9 Å². The minimum Gasteiger partial charge on any atom is -0.484 e. The van der Waals surface area contributed by atoms with E-state index in [4.69, 9.17) is 42.6 Å². The second-order valence-electron chi connectivity index (χ2n) is 10.5. The third-order valence-electron chi connectivity index (χ3n) is 6.73. The van der Waals surface area contributed by atoms with E-state index >= 15 is 0 Å². The monoisotopic (exact) mass is 715 g/mol. The largest absolute Gasteiger partial charge is 0.484 e. The van der Waals surface area contributed by atoms with Gasteiger partial charge in [-0.25, -0.2) is 9.59 Å². The molecule has 0 aromatic heterocycles. The summed E-state index contributed by atoms with van der Waals surface area (Å²) >= 11 is 0. The maximum absolute atomic E-state index is 13.2. The highest BCUT2D eigenvalue weighted by molar-refractivity contribution is 6.09. The number of benzene rings is 2. The molecular weight excluding hydrogens is 666 g/mol. The van der Waals surface area contributed by atoms with E-state index in [-0.39, 0.29) is 97.5 Å². The number of nitrogens with zero attached hydrogens (tertiary/aromatic N) is 1. The molecule has 280 valence electrons. The van der Waals surface area contributed by atoms with Crippen LogP contribution < -0.4 is 4.74 Å². The second kappa shape index (κ2) is 26.4. The summed E-state index contributed by atoms with van der Waals surface area (Å²) in [6, 6.07) is 15.6. The number of hydrogen-bond acceptors (Lipinski definition) is 13. The first kappa shape index (κ1) is 42.7. The van der Waals surface area contributed by atoms with Crippen molar-refractivity contribution < 1.29 is 61.8 Å². The highest BCUT2D eigenvalue weighted by Gasteiger charge is 2.17. The Hall–Kier alpha value is -4.44. The number of carbonyl (C=O) groups excluding carboxylic acids is 4. The summed E-state index contributed by atoms with van der Waals surface area (Å²) in [5.41, 5.74) is 1.08. The van der Waals surface area contributed by atoms with Crippen molar-refractivity contribution in [3.63, 3.8) is 0 Å². The first-order valence-corrected chi connectivity index (χ1v) is 16.5. The van der Waals surface area contributed by atoms with Crippen molar-refractivity contribution in [2.45, 2.75) is 26.4 Å². The average Bonchev–Trinajstić information content (AvgIpc) is 3.15. The molecule has 0 saturated carbocycles. The lowest BCUT2D eigenvalue weighted by atomic mass is 10.0. The number of carbonyl (C=O) groups is 4. The highest BCUT2D eigenvalue weighted by atomic mass is 16.7. The van der Waals surface area contributed by atoms with Gasteiger partial charge in [0.05, 0.1) is 52.9 Å². The molecule has 0 aliphatic heterocycles. The summed E-state index contributed by atoms with van der Waals surface area (Å²) in [6.07, 6.45) is 1.02. The van der Waals surface area contributed by atoms with Gasteiger partial charge in [0, 0.05) is 36.4 Å². The number of ketones is 1. The van der Waals surface area contributed by atoms with Crippen molar-refractivity contribution >= 4 is 23.6 Å². The maximum atomic E-state index is 13.2. The molecule has 14 heteroatoms. The molecule has 0 bridgehead atoms. The molecule has 0 heterocycles. The summed E-state index contributed by atoms with van der Waals surface area (Å²) in [5.74, 6) is -1.00. The van der Waals surface area contributed by atoms with Crippen molar-refractivity contribution in [2.24, 2.45) is 0 Å². The lowest BCUT2D eigenvalue weighted by Crippen LogP contribution is -2.40. The van der Waals surface area contributed by atoms with Crippen LogP contribution in [0, 0.1) is 0 Å². The summed E-state index contributed by atoms with van der Waals surface area (Å²) in [5, 5.41) is 0. The average molecular weight is 716 g/mol. The fourth-order valence-electron chi connectivity index (χ4n) is 4.08. The van der Waals surface area contributed by atoms with Gasteiger partial charge in [0.25, 0.3) is 5.91 Å². The van der Waals surface area contributed by atoms with Gasteiger partial charge in [-0.05, 0) is 38.1 Å². The molecule has 2 rings (SSSR count). The normalized spacial score (nSPS) is 12.0. The van der Waals surface area contributed by atoms with Crippen molar-refractivity contribution in [1.29, 1.82) is 0 Å². The van der Waals surface area contributed by atoms with Gasteiger partial charge in [-0.3, -0.25) is 9.59 Å². The summed E-state index contributed by atoms with van der Waals surface area (Å²) in [6.45, 7) is 12.4. The molecule has 2 aromatic rings. The molecule has 2 unspecified atom stereocenters. The van der Waals surface area contributed by atoms with Crippen LogP contribution in [-0.4, -0.2) is 127 Å². The van der Waals surface area contributed by atoms with Crippen molar-refractivity contribution in [3.05, 3.63) is 91.0 Å². The molecule has 0 radical (unpaired) electrons. The van der Waals surface area contributed by atoms with Gasteiger partial charge in [0.2, 0.25) is 0 Å². The minimum atomic E-state index is -0.571. The molecule has 51 heavy (non-hydrogen) atoms. The van der Waals surface area contributed by atoms with Crippen molar-refractivity contribution in [3.8, 4) is 5.75 Å². The zero-order valence-corrected chi connectivity index (χ0v) is 29.4. The second-order valence-corrected chi connectivity index (χ2v) is 10.5. The first-order chi connectivity index (χ1) is 24.7. The zero-order chi connectivity index (χ0) is 37.1. The van der Waals surface area contributed by atoms with Gasteiger partial charge in [0.15, 0.2) is 25.0 Å². The Labute approximate surface area is 299 Å². The lowest BCUT2D eigenvalue weighted by molar-refractivity contribution is -0.156. The van der Waals surface area contributed by atoms with E-state index in [1.165, 1.54) is 0 Å². The Morgan fingerprint density at radius 2 is 1.06 bits per heavy atom. The van der Waals surface area contributed by atoms with Crippen LogP contribution in [0.1, 0.15) is 29.8 Å². The number of rotatable bonds is 29. The first-order valence-electron chi connectivity index (χ1n) is 16.5. The van der Waals surface area contributed by atoms with Gasteiger partial charge in [-0.15, -0.1) is 0 Å². The van der Waals surface area contributed by atoms with E-state index in [1.54, 1.807) is 67.3 Å². The van der Waals surface area contributed by atoms with Crippen LogP contribution >= 0.6 is 0 Å². The molecule has 0 fully saturated rings. The molecule has 0 N–H and O–H groups in total. The van der Waals surface area contributed by atoms with Gasteiger partial charge in [-0.2, -0.15) is 0 Å². The van der Waals surface area contributed by atoms with Crippen LogP contribution in [0.25, 0.3) is 0 Å². The van der Waals surface area contributed by atoms with Crippen LogP contribution in [-0.2, 0) is 52.3 Å². The van der Waals surface area contributed by atoms with Crippen LogP contribution in [0.2, 0.25) is 0 Å². The van der Waals surface area contributed by atoms with Crippen LogP contribution in [0.5, 0.6) is 5.75 Å². The number of esters is 2. The maximum Gasteiger partial charge on any atom is 0.330 e. The zero-order valence-electron chi connectivity index (χ0n) is 29.4. The molecule has 14 nitrogen and oxygen atoms in total. The van der Waals surface area contributed by atoms with E-state index in [2.05, 4.69) is 13.2 Å². The van der Waals surface area contributed by atoms with E-state index in [0.717, 1.165) is 12.2 Å². The predicted octanol–water partition coefficient (Wildman–Crippen LogP) is 3.38. The van der Waals surface area contributed by atoms with Gasteiger partial charge < -0.3 is 47.5 Å². The summed E-state index contributed by atoms with van der Waals surface area (Å²) in [4.78, 5) is 49.5. The van der Waals surface area contributed by atoms with E-state index in [9.17, 15) is 19.2 Å². The molecule has 0 aliphatic carbocycles. The number of ether oxygens (including phenoxy) is 9. The van der Waals surface area contributed by atoms with E-state index in [0.29, 0.717) is 16.9 Å². The van der Waals surface area contributed by atoms with Crippen LogP contribution in [0.3, 0.4) is 0 Å². The minimum absolute atomic E-state index is 0.112. The molecule has 0 spiro atoms. The Balaban J connectivity index is 1.79. The summed E-state index contributed by atoms with van der Waals surface area (Å²) in [7, 11) is 0. The van der Waals surface area contributed by atoms with E-state index in [1.807, 2.05) is 6.07 Å². The van der Waals surface area contributed by atoms with Crippen molar-refractivity contribution in [2.75, 3.05) is 85.8 Å². The Kier molecular flexibility index (Phi) is 22.1. The molecule has 1 amide bonds. The van der Waals surface area contributed by atoms with E-state index < -0.39 is 24.5 Å². The highest BCUT2D eigenvalue weighted by Crippen LogP contribution is 2.16. The quantitative estimate of drug-likeness (QED) is 0.0398. The third kappa shape index (κ3) is 19.5. The smallest absolute Gasteiger partial charge is 0.330 e. The number of hydrogen-bond donors (Lipinski definition) is 0. The standard InChI is InChI=1S/C37H49NO13/c1-5-35(40)49-26-22-43-20-24-47-29(3)45-18-16-38(17-19-46-30(4)48-25-21-44-23-27-50-36(41)6-2)34(39)28-51-33-14-12-32(13-15-33)37(42)31-10-8-7-9-11-31/h5-15,29-30H,1-2,16-28H2,3-4H3. The predicted molar refractivity (Wildman–Crippen MR) is 185 cm³/mol. The molecule has 2 aromatic carbocycles. The van der Waals surface area contributed by atoms with Crippen molar-refractivity contribution in [1.82, 2.24) is 4.90 Å². The van der Waals surface area contributed by atoms with Crippen LogP contribution in [0.4, 0.5) is 0 Å². The molecule has 0 aliphatic rings. The molecular formula is C37H49NO13. The SMILES string of the molecule is C=CC(=O)OCCOCCOC(C)OCCN(CCOC(C)OCCOCCOC(=O)C=C)C(=O)COc1ccc(C(=O)c2ccccc2)cc1. The molecule has 0 saturated heterocycles. The van der Waals surface area contributed by atoms with Gasteiger partial charge >= 0.3 is 11.9 Å². The molecule has 2 atom stereocenters. The topological polar surface area (TPSA) is 155 Å². The summed E-state index contributed by atoms with van der Waals surface area (Å²) < 4.78 is 48.8. The van der Waals surface area contributed by atoms with Gasteiger partial charge in [0.1, 0.15) is 19.0 Å². The Morgan fingerprint density at radius 1 is 0.608 bits per heavy atom.